The van der Waals surface area contributed by atoms with Gasteiger partial charge in [-0.2, -0.15) is 5.26 Å². The van der Waals surface area contributed by atoms with Crippen LogP contribution in [-0.2, 0) is 0 Å². The first kappa shape index (κ1) is 20.9. The van der Waals surface area contributed by atoms with Crippen molar-refractivity contribution in [2.45, 2.75) is 6.92 Å². The Balaban J connectivity index is 1.46. The monoisotopic (exact) mass is 436 g/mol. The van der Waals surface area contributed by atoms with E-state index in [0.717, 1.165) is 54.3 Å². The molecule has 0 aliphatic carbocycles. The number of nitriles is 1. The highest BCUT2D eigenvalue weighted by Crippen LogP contribution is 2.27. The first-order valence-electron chi connectivity index (χ1n) is 11.0. The number of aryl methyl sites for hydroxylation is 1. The van der Waals surface area contributed by atoms with Gasteiger partial charge in [-0.15, -0.1) is 0 Å². The van der Waals surface area contributed by atoms with Crippen LogP contribution in [0.2, 0.25) is 0 Å². The fraction of sp³-hybridized carbons (Fsp3) is 0.231. The highest BCUT2D eigenvalue weighted by Gasteiger charge is 2.20. The lowest BCUT2D eigenvalue weighted by Crippen LogP contribution is -2.47. The number of nitrogens with zero attached hydrogens (tertiary/aromatic N) is 6. The van der Waals surface area contributed by atoms with Crippen LogP contribution in [0.5, 0.6) is 0 Å². The molecular weight excluding hydrogens is 412 g/mol. The molecule has 2 aromatic carbocycles. The zero-order valence-electron chi connectivity index (χ0n) is 18.7. The summed E-state index contributed by atoms with van der Waals surface area (Å²) in [5, 5.41) is 9.57. The van der Waals surface area contributed by atoms with Gasteiger partial charge >= 0.3 is 0 Å². The maximum absolute atomic E-state index is 12.8. The molecular formula is C26H24N6O. The molecule has 0 saturated carbocycles. The fourth-order valence-corrected chi connectivity index (χ4v) is 4.18. The fourth-order valence-electron chi connectivity index (χ4n) is 4.18. The first-order valence-corrected chi connectivity index (χ1v) is 11.0. The molecule has 5 rings (SSSR count). The number of hydrogen-bond acceptors (Lipinski definition) is 5. The Morgan fingerprint density at radius 3 is 2.48 bits per heavy atom. The van der Waals surface area contributed by atoms with Crippen LogP contribution in [0.4, 0.5) is 0 Å². The molecule has 1 aliphatic rings. The Labute approximate surface area is 192 Å². The summed E-state index contributed by atoms with van der Waals surface area (Å²) in [5.41, 5.74) is 6.45. The van der Waals surface area contributed by atoms with Crippen LogP contribution in [0.3, 0.4) is 0 Å². The standard InChI is InChI=1S/C26H24N6O/c1-18-3-4-21(14-27)22(13-18)24-15-29-25-16-28-23(17-32(24)25)19-5-7-20(8-6-19)26(33)31-11-9-30(2)10-12-31/h3-8,13,15-17H,9-12H2,1-2H3. The quantitative estimate of drug-likeness (QED) is 0.490. The van der Waals surface area contributed by atoms with E-state index in [1.165, 1.54) is 0 Å². The van der Waals surface area contributed by atoms with E-state index in [2.05, 4.69) is 28.0 Å². The molecule has 0 spiro atoms. The van der Waals surface area contributed by atoms with Gasteiger partial charge in [0.05, 0.1) is 35.4 Å². The number of amides is 1. The first-order chi connectivity index (χ1) is 16.0. The molecule has 3 heterocycles. The summed E-state index contributed by atoms with van der Waals surface area (Å²) in [4.78, 5) is 26.0. The molecule has 0 bridgehead atoms. The van der Waals surface area contributed by atoms with Crippen molar-refractivity contribution in [2.24, 2.45) is 0 Å². The smallest absolute Gasteiger partial charge is 0.253 e. The molecule has 1 amide bonds. The summed E-state index contributed by atoms with van der Waals surface area (Å²) in [6, 6.07) is 15.6. The van der Waals surface area contributed by atoms with Gasteiger partial charge in [-0.05, 0) is 38.2 Å². The molecule has 0 N–H and O–H groups in total. The Morgan fingerprint density at radius 2 is 1.76 bits per heavy atom. The molecule has 0 unspecified atom stereocenters. The van der Waals surface area contributed by atoms with E-state index >= 15 is 0 Å². The molecule has 4 aromatic rings. The largest absolute Gasteiger partial charge is 0.336 e. The van der Waals surface area contributed by atoms with Gasteiger partial charge in [0.1, 0.15) is 0 Å². The van der Waals surface area contributed by atoms with Gasteiger partial charge in [0.15, 0.2) is 5.65 Å². The Bertz CT molecular complexity index is 1370. The second-order valence-corrected chi connectivity index (χ2v) is 8.48. The van der Waals surface area contributed by atoms with Gasteiger partial charge in [-0.25, -0.2) is 4.98 Å². The Morgan fingerprint density at radius 1 is 1.00 bits per heavy atom. The zero-order valence-corrected chi connectivity index (χ0v) is 18.7. The highest BCUT2D eigenvalue weighted by molar-refractivity contribution is 5.94. The second-order valence-electron chi connectivity index (χ2n) is 8.48. The van der Waals surface area contributed by atoms with Crippen molar-refractivity contribution in [1.29, 1.82) is 5.26 Å². The number of benzene rings is 2. The maximum atomic E-state index is 12.8. The number of carbonyl (C=O) groups is 1. The average molecular weight is 437 g/mol. The third-order valence-electron chi connectivity index (χ3n) is 6.19. The van der Waals surface area contributed by atoms with Crippen LogP contribution in [0.15, 0.2) is 61.1 Å². The van der Waals surface area contributed by atoms with Crippen molar-refractivity contribution >= 4 is 11.6 Å². The van der Waals surface area contributed by atoms with E-state index in [9.17, 15) is 10.1 Å². The molecule has 0 atom stereocenters. The van der Waals surface area contributed by atoms with E-state index in [1.54, 1.807) is 12.4 Å². The number of imidazole rings is 1. The van der Waals surface area contributed by atoms with E-state index < -0.39 is 0 Å². The average Bonchev–Trinajstić information content (AvgIpc) is 3.27. The predicted octanol–water partition coefficient (Wildman–Crippen LogP) is 3.63. The Kier molecular flexibility index (Phi) is 5.37. The van der Waals surface area contributed by atoms with Crippen LogP contribution in [0, 0.1) is 18.3 Å². The summed E-state index contributed by atoms with van der Waals surface area (Å²) in [6.45, 7) is 5.31. The van der Waals surface area contributed by atoms with Gasteiger partial charge < -0.3 is 9.80 Å². The molecule has 1 aliphatic heterocycles. The van der Waals surface area contributed by atoms with Crippen molar-refractivity contribution < 1.29 is 4.79 Å². The molecule has 164 valence electrons. The van der Waals surface area contributed by atoms with Crippen LogP contribution in [0.1, 0.15) is 21.5 Å². The molecule has 7 nitrogen and oxygen atoms in total. The third-order valence-corrected chi connectivity index (χ3v) is 6.19. The SMILES string of the molecule is Cc1ccc(C#N)c(-c2cnc3cnc(-c4ccc(C(=O)N5CCN(C)CC5)cc4)cn23)c1. The number of piperazine rings is 1. The molecule has 7 heteroatoms. The number of aromatic nitrogens is 3. The van der Waals surface area contributed by atoms with E-state index in [1.807, 2.05) is 64.9 Å². The topological polar surface area (TPSA) is 77.5 Å². The van der Waals surface area contributed by atoms with Crippen molar-refractivity contribution in [2.75, 3.05) is 33.2 Å². The lowest BCUT2D eigenvalue weighted by Gasteiger charge is -2.32. The molecule has 33 heavy (non-hydrogen) atoms. The number of carbonyl (C=O) groups excluding carboxylic acids is 1. The molecule has 1 fully saturated rings. The normalized spacial score (nSPS) is 14.4. The summed E-state index contributed by atoms with van der Waals surface area (Å²) >= 11 is 0. The van der Waals surface area contributed by atoms with Crippen molar-refractivity contribution in [3.8, 4) is 28.6 Å². The summed E-state index contributed by atoms with van der Waals surface area (Å²) in [6.07, 6.45) is 5.43. The third kappa shape index (κ3) is 3.97. The van der Waals surface area contributed by atoms with Gasteiger partial charge in [-0.1, -0.05) is 23.8 Å². The van der Waals surface area contributed by atoms with Gasteiger partial charge in [0, 0.05) is 49.1 Å². The van der Waals surface area contributed by atoms with Crippen LogP contribution in [0.25, 0.3) is 28.2 Å². The van der Waals surface area contributed by atoms with Crippen LogP contribution < -0.4 is 0 Å². The summed E-state index contributed by atoms with van der Waals surface area (Å²) in [7, 11) is 2.08. The molecule has 2 aromatic heterocycles. The molecule has 1 saturated heterocycles. The summed E-state index contributed by atoms with van der Waals surface area (Å²) in [5.74, 6) is 0.0680. The van der Waals surface area contributed by atoms with Crippen molar-refractivity contribution in [3.63, 3.8) is 0 Å². The number of fused-ring (bicyclic) bond motifs is 1. The minimum Gasteiger partial charge on any atom is -0.336 e. The van der Waals surface area contributed by atoms with E-state index in [4.69, 9.17) is 0 Å². The van der Waals surface area contributed by atoms with Gasteiger partial charge in [-0.3, -0.25) is 14.2 Å². The minimum atomic E-state index is 0.0680. The Hall–Kier alpha value is -4.02. The van der Waals surface area contributed by atoms with Crippen molar-refractivity contribution in [3.05, 3.63) is 77.7 Å². The van der Waals surface area contributed by atoms with Crippen LogP contribution in [-0.4, -0.2) is 63.3 Å². The molecule has 0 radical (unpaired) electrons. The second kappa shape index (κ2) is 8.49. The van der Waals surface area contributed by atoms with Gasteiger partial charge in [0.25, 0.3) is 5.91 Å². The number of rotatable bonds is 3. The van der Waals surface area contributed by atoms with Gasteiger partial charge in [0.2, 0.25) is 0 Å². The zero-order chi connectivity index (χ0) is 22.9. The minimum absolute atomic E-state index is 0.0680. The summed E-state index contributed by atoms with van der Waals surface area (Å²) < 4.78 is 1.96. The number of hydrogen-bond donors (Lipinski definition) is 0. The lowest BCUT2D eigenvalue weighted by atomic mass is 10.0. The maximum Gasteiger partial charge on any atom is 0.253 e. The van der Waals surface area contributed by atoms with Crippen LogP contribution >= 0.6 is 0 Å². The lowest BCUT2D eigenvalue weighted by molar-refractivity contribution is 0.0664. The van der Waals surface area contributed by atoms with E-state index in [-0.39, 0.29) is 5.91 Å². The highest BCUT2D eigenvalue weighted by atomic mass is 16.2. The van der Waals surface area contributed by atoms with E-state index in [0.29, 0.717) is 16.8 Å². The number of likely N-dealkylation sites (N-methyl/N-ethyl adjacent to an activating group) is 1. The van der Waals surface area contributed by atoms with Crippen molar-refractivity contribution in [1.82, 2.24) is 24.2 Å². The predicted molar refractivity (Wildman–Crippen MR) is 127 cm³/mol.